The number of piperidine rings is 2. The number of benzene rings is 1. The van der Waals surface area contributed by atoms with Crippen molar-refractivity contribution in [1.82, 2.24) is 9.80 Å². The van der Waals surface area contributed by atoms with Gasteiger partial charge in [0.1, 0.15) is 0 Å². The number of amides is 1. The first-order chi connectivity index (χ1) is 11.7. The van der Waals surface area contributed by atoms with Crippen molar-refractivity contribution in [3.63, 3.8) is 0 Å². The second-order valence-corrected chi connectivity index (χ2v) is 7.37. The van der Waals surface area contributed by atoms with Crippen LogP contribution in [0, 0.1) is 5.92 Å². The third-order valence-electron chi connectivity index (χ3n) is 5.79. The van der Waals surface area contributed by atoms with E-state index in [9.17, 15) is 4.79 Å². The van der Waals surface area contributed by atoms with E-state index in [-0.39, 0.29) is 11.8 Å². The highest BCUT2D eigenvalue weighted by Gasteiger charge is 2.29. The minimum absolute atomic E-state index is 0.108. The van der Waals surface area contributed by atoms with Gasteiger partial charge in [0.2, 0.25) is 5.91 Å². The number of hydrogen-bond donors (Lipinski definition) is 1. The molecule has 0 radical (unpaired) electrons. The highest BCUT2D eigenvalue weighted by molar-refractivity contribution is 5.76. The van der Waals surface area contributed by atoms with Gasteiger partial charge < -0.3 is 15.5 Å². The Kier molecular flexibility index (Phi) is 6.27. The molecule has 2 fully saturated rings. The molecule has 24 heavy (non-hydrogen) atoms. The Labute approximate surface area is 146 Å². The van der Waals surface area contributed by atoms with E-state index in [2.05, 4.69) is 40.1 Å². The molecule has 2 aliphatic rings. The van der Waals surface area contributed by atoms with Crippen LogP contribution in [0.5, 0.6) is 0 Å². The monoisotopic (exact) mass is 329 g/mol. The average molecular weight is 329 g/mol. The summed E-state index contributed by atoms with van der Waals surface area (Å²) < 4.78 is 0. The largest absolute Gasteiger partial charge is 0.369 e. The molecule has 1 aromatic carbocycles. The van der Waals surface area contributed by atoms with Crippen molar-refractivity contribution in [2.45, 2.75) is 44.6 Å². The van der Waals surface area contributed by atoms with Crippen molar-refractivity contribution in [1.29, 1.82) is 0 Å². The zero-order valence-corrected chi connectivity index (χ0v) is 14.7. The summed E-state index contributed by atoms with van der Waals surface area (Å²) in [5.41, 5.74) is 6.88. The van der Waals surface area contributed by atoms with Gasteiger partial charge in [-0.1, -0.05) is 30.3 Å². The predicted molar refractivity (Wildman–Crippen MR) is 97.7 cm³/mol. The number of nitrogens with two attached hydrogens (primary N) is 1. The van der Waals surface area contributed by atoms with Crippen LogP contribution in [0.3, 0.4) is 0 Å². The summed E-state index contributed by atoms with van der Waals surface area (Å²) in [5, 5.41) is 0. The zero-order valence-electron chi connectivity index (χ0n) is 14.7. The third-order valence-corrected chi connectivity index (χ3v) is 5.79. The normalized spacial score (nSPS) is 21.8. The molecule has 4 heteroatoms. The fourth-order valence-electron chi connectivity index (χ4n) is 4.21. The van der Waals surface area contributed by atoms with Gasteiger partial charge in [0, 0.05) is 12.0 Å². The number of aryl methyl sites for hydroxylation is 1. The molecule has 0 atom stereocenters. The number of likely N-dealkylation sites (tertiary alicyclic amines) is 2. The Bertz CT molecular complexity index is 503. The maximum absolute atomic E-state index is 11.3. The van der Waals surface area contributed by atoms with Gasteiger partial charge in [0.25, 0.3) is 0 Å². The molecule has 2 N–H and O–H groups in total. The first-order valence-electron chi connectivity index (χ1n) is 9.52. The van der Waals surface area contributed by atoms with Crippen LogP contribution in [-0.2, 0) is 11.2 Å². The Morgan fingerprint density at radius 3 is 2.29 bits per heavy atom. The van der Waals surface area contributed by atoms with Crippen LogP contribution in [0.4, 0.5) is 0 Å². The van der Waals surface area contributed by atoms with E-state index < -0.39 is 0 Å². The highest BCUT2D eigenvalue weighted by Crippen LogP contribution is 2.23. The van der Waals surface area contributed by atoms with Crippen LogP contribution in [0.25, 0.3) is 0 Å². The summed E-state index contributed by atoms with van der Waals surface area (Å²) in [6.07, 6.45) is 6.87. The summed E-state index contributed by atoms with van der Waals surface area (Å²) in [6.45, 7) is 5.74. The lowest BCUT2D eigenvalue weighted by Gasteiger charge is -2.41. The number of rotatable bonds is 6. The van der Waals surface area contributed by atoms with Crippen molar-refractivity contribution < 1.29 is 4.79 Å². The lowest BCUT2D eigenvalue weighted by molar-refractivity contribution is -0.123. The summed E-state index contributed by atoms with van der Waals surface area (Å²) in [5.74, 6) is 0.00205. The van der Waals surface area contributed by atoms with Gasteiger partial charge in [-0.05, 0) is 76.8 Å². The van der Waals surface area contributed by atoms with Crippen molar-refractivity contribution in [2.24, 2.45) is 11.7 Å². The summed E-state index contributed by atoms with van der Waals surface area (Å²) in [7, 11) is 0. The molecule has 0 aliphatic carbocycles. The molecule has 0 spiro atoms. The van der Waals surface area contributed by atoms with E-state index >= 15 is 0 Å². The third kappa shape index (κ3) is 4.81. The Hall–Kier alpha value is -1.39. The van der Waals surface area contributed by atoms with Crippen molar-refractivity contribution in [3.05, 3.63) is 35.9 Å². The molecule has 2 heterocycles. The van der Waals surface area contributed by atoms with Crippen LogP contribution in [0.1, 0.15) is 37.7 Å². The van der Waals surface area contributed by atoms with Gasteiger partial charge in [-0.25, -0.2) is 0 Å². The molecule has 0 bridgehead atoms. The molecule has 0 saturated carbocycles. The van der Waals surface area contributed by atoms with Crippen molar-refractivity contribution >= 4 is 5.91 Å². The SMILES string of the molecule is NC(=O)C1CCN(C2CCN(CCCc3ccccc3)CC2)CC1. The minimum Gasteiger partial charge on any atom is -0.369 e. The van der Waals surface area contributed by atoms with Crippen LogP contribution < -0.4 is 5.73 Å². The number of hydrogen-bond acceptors (Lipinski definition) is 3. The van der Waals surface area contributed by atoms with Crippen molar-refractivity contribution in [2.75, 3.05) is 32.7 Å². The smallest absolute Gasteiger partial charge is 0.220 e. The molecule has 132 valence electrons. The number of primary amides is 1. The fraction of sp³-hybridized carbons (Fsp3) is 0.650. The van der Waals surface area contributed by atoms with Gasteiger partial charge in [-0.15, -0.1) is 0 Å². The predicted octanol–water partition coefficient (Wildman–Crippen LogP) is 2.28. The van der Waals surface area contributed by atoms with E-state index in [1.54, 1.807) is 0 Å². The summed E-state index contributed by atoms with van der Waals surface area (Å²) in [6, 6.07) is 11.5. The standard InChI is InChI=1S/C20H31N3O/c21-20(24)18-8-15-23(16-9-18)19-10-13-22(14-11-19)12-4-7-17-5-2-1-3-6-17/h1-3,5-6,18-19H,4,7-16H2,(H2,21,24). The van der Waals surface area contributed by atoms with Gasteiger partial charge in [0.05, 0.1) is 0 Å². The maximum atomic E-state index is 11.3. The zero-order chi connectivity index (χ0) is 16.8. The molecule has 0 unspecified atom stereocenters. The van der Waals surface area contributed by atoms with Crippen LogP contribution >= 0.6 is 0 Å². The van der Waals surface area contributed by atoms with Gasteiger partial charge in [0.15, 0.2) is 0 Å². The molecule has 2 saturated heterocycles. The van der Waals surface area contributed by atoms with Crippen molar-refractivity contribution in [3.8, 4) is 0 Å². The molecular weight excluding hydrogens is 298 g/mol. The average Bonchev–Trinajstić information content (AvgIpc) is 2.63. The van der Waals surface area contributed by atoms with E-state index in [0.717, 1.165) is 25.9 Å². The summed E-state index contributed by atoms with van der Waals surface area (Å²) in [4.78, 5) is 16.5. The quantitative estimate of drug-likeness (QED) is 0.871. The lowest BCUT2D eigenvalue weighted by atomic mass is 9.93. The van der Waals surface area contributed by atoms with Gasteiger partial charge in [-0.2, -0.15) is 0 Å². The molecule has 1 amide bonds. The number of carbonyl (C=O) groups is 1. The first-order valence-corrected chi connectivity index (χ1v) is 9.52. The van der Waals surface area contributed by atoms with Gasteiger partial charge in [-0.3, -0.25) is 4.79 Å². The Balaban J connectivity index is 1.33. The topological polar surface area (TPSA) is 49.6 Å². The molecule has 4 nitrogen and oxygen atoms in total. The van der Waals surface area contributed by atoms with E-state index in [4.69, 9.17) is 5.73 Å². The van der Waals surface area contributed by atoms with Crippen LogP contribution in [-0.4, -0.2) is 54.5 Å². The lowest BCUT2D eigenvalue weighted by Crippen LogP contribution is -2.49. The van der Waals surface area contributed by atoms with Crippen LogP contribution in [0.2, 0.25) is 0 Å². The first kappa shape index (κ1) is 17.4. The molecule has 0 aromatic heterocycles. The summed E-state index contributed by atoms with van der Waals surface area (Å²) >= 11 is 0. The fourth-order valence-corrected chi connectivity index (χ4v) is 4.21. The Morgan fingerprint density at radius 1 is 1.00 bits per heavy atom. The second-order valence-electron chi connectivity index (χ2n) is 7.37. The number of nitrogens with zero attached hydrogens (tertiary/aromatic N) is 2. The highest BCUT2D eigenvalue weighted by atomic mass is 16.1. The second kappa shape index (κ2) is 8.63. The molecule has 3 rings (SSSR count). The molecule has 2 aliphatic heterocycles. The molecular formula is C20H31N3O. The molecule has 1 aromatic rings. The van der Waals surface area contributed by atoms with Crippen LogP contribution in [0.15, 0.2) is 30.3 Å². The maximum Gasteiger partial charge on any atom is 0.220 e. The van der Waals surface area contributed by atoms with E-state index in [0.29, 0.717) is 6.04 Å². The number of carbonyl (C=O) groups excluding carboxylic acids is 1. The van der Waals surface area contributed by atoms with E-state index in [1.807, 2.05) is 0 Å². The van der Waals surface area contributed by atoms with Gasteiger partial charge >= 0.3 is 0 Å². The minimum atomic E-state index is -0.108. The Morgan fingerprint density at radius 2 is 1.67 bits per heavy atom. The van der Waals surface area contributed by atoms with E-state index in [1.165, 1.54) is 50.9 Å².